The Morgan fingerprint density at radius 1 is 1.00 bits per heavy atom. The third-order valence-corrected chi connectivity index (χ3v) is 6.17. The summed E-state index contributed by atoms with van der Waals surface area (Å²) in [4.78, 5) is 24.7. The number of thioether (sulfide) groups is 1. The summed E-state index contributed by atoms with van der Waals surface area (Å²) in [7, 11) is 1.64. The van der Waals surface area contributed by atoms with E-state index in [-0.39, 0.29) is 29.1 Å². The molecule has 0 spiro atoms. The van der Waals surface area contributed by atoms with E-state index >= 15 is 0 Å². The first-order valence-electron chi connectivity index (χ1n) is 10.8. The van der Waals surface area contributed by atoms with Crippen LogP contribution in [0, 0.1) is 0 Å². The average molecular weight is 458 g/mol. The second-order valence-corrected chi connectivity index (χ2v) is 10.5. The summed E-state index contributed by atoms with van der Waals surface area (Å²) in [6, 6.07) is 17.1. The highest BCUT2D eigenvalue weighted by atomic mass is 32.2. The maximum atomic E-state index is 12.6. The number of nitrogens with one attached hydrogen (secondary N) is 3. The lowest BCUT2D eigenvalue weighted by atomic mass is 10.1. The van der Waals surface area contributed by atoms with Gasteiger partial charge < -0.3 is 15.4 Å². The van der Waals surface area contributed by atoms with E-state index in [1.54, 1.807) is 7.11 Å². The first-order chi connectivity index (χ1) is 15.2. The summed E-state index contributed by atoms with van der Waals surface area (Å²) >= 11 is 1.83. The number of rotatable bonds is 11. The molecular weight excluding hydrogens is 422 g/mol. The monoisotopic (exact) mass is 457 g/mol. The van der Waals surface area contributed by atoms with Crippen molar-refractivity contribution in [1.29, 1.82) is 0 Å². The number of ether oxygens (including phenoxy) is 1. The zero-order chi connectivity index (χ0) is 23.6. The molecule has 0 aliphatic rings. The number of carbonyl (C=O) groups excluding carboxylic acids is 2. The van der Waals surface area contributed by atoms with Crippen LogP contribution in [0.15, 0.2) is 54.6 Å². The zero-order valence-corrected chi connectivity index (χ0v) is 20.4. The summed E-state index contributed by atoms with van der Waals surface area (Å²) in [5, 5.41) is 8.96. The molecule has 0 fully saturated rings. The lowest BCUT2D eigenvalue weighted by Crippen LogP contribution is -2.47. The fourth-order valence-electron chi connectivity index (χ4n) is 2.97. The highest BCUT2D eigenvalue weighted by Crippen LogP contribution is 2.29. The normalized spacial score (nSPS) is 13.2. The number of carbonyl (C=O) groups is 2. The predicted molar refractivity (Wildman–Crippen MR) is 132 cm³/mol. The third kappa shape index (κ3) is 9.32. The van der Waals surface area contributed by atoms with Crippen molar-refractivity contribution in [3.8, 4) is 5.75 Å². The van der Waals surface area contributed by atoms with E-state index in [9.17, 15) is 9.59 Å². The van der Waals surface area contributed by atoms with Crippen molar-refractivity contribution in [3.63, 3.8) is 0 Å². The molecule has 174 valence electrons. The van der Waals surface area contributed by atoms with Gasteiger partial charge in [-0.25, -0.2) is 0 Å². The molecule has 0 saturated carbocycles. The summed E-state index contributed by atoms with van der Waals surface area (Å²) in [6.07, 6.45) is 0. The molecule has 0 aliphatic heterocycles. The van der Waals surface area contributed by atoms with Crippen molar-refractivity contribution in [2.75, 3.05) is 19.4 Å². The Kier molecular flexibility index (Phi) is 10.1. The van der Waals surface area contributed by atoms with Crippen LogP contribution in [0.25, 0.3) is 0 Å². The fraction of sp³-hybridized carbons (Fsp3) is 0.440. The molecule has 0 aromatic heterocycles. The minimum absolute atomic E-state index is 0.0159. The van der Waals surface area contributed by atoms with Crippen molar-refractivity contribution >= 4 is 23.6 Å². The van der Waals surface area contributed by atoms with Crippen LogP contribution in [0.1, 0.15) is 44.9 Å². The van der Waals surface area contributed by atoms with Crippen molar-refractivity contribution < 1.29 is 14.3 Å². The van der Waals surface area contributed by atoms with Gasteiger partial charge in [-0.1, -0.05) is 63.2 Å². The molecule has 7 heteroatoms. The standard InChI is InChI=1S/C25H35N3O3S/c1-18(24(30)27-16-23(29)26-15-19-9-7-6-8-10-19)28-22(17-32-25(2,3)4)20-11-13-21(31-5)14-12-20/h6-14,18,22,28H,15-17H2,1-5H3,(H,26,29)(H,27,30)/t18-,22-/m0/s1. The summed E-state index contributed by atoms with van der Waals surface area (Å²) in [5.41, 5.74) is 2.10. The Hall–Kier alpha value is -2.51. The Bertz CT molecular complexity index is 851. The molecule has 0 aliphatic carbocycles. The van der Waals surface area contributed by atoms with Crippen molar-refractivity contribution in [2.24, 2.45) is 0 Å². The topological polar surface area (TPSA) is 79.5 Å². The van der Waals surface area contributed by atoms with Gasteiger partial charge in [-0.3, -0.25) is 14.9 Å². The highest BCUT2D eigenvalue weighted by molar-refractivity contribution is 8.00. The van der Waals surface area contributed by atoms with Gasteiger partial charge in [0.15, 0.2) is 0 Å². The lowest BCUT2D eigenvalue weighted by molar-refractivity contribution is -0.127. The molecule has 0 radical (unpaired) electrons. The predicted octanol–water partition coefficient (Wildman–Crippen LogP) is 3.68. The van der Waals surface area contributed by atoms with Crippen LogP contribution in [-0.4, -0.2) is 42.0 Å². The van der Waals surface area contributed by atoms with Gasteiger partial charge in [0.1, 0.15) is 5.75 Å². The van der Waals surface area contributed by atoms with Crippen LogP contribution < -0.4 is 20.7 Å². The van der Waals surface area contributed by atoms with Crippen LogP contribution in [0.3, 0.4) is 0 Å². The Morgan fingerprint density at radius 2 is 1.66 bits per heavy atom. The molecular formula is C25H35N3O3S. The average Bonchev–Trinajstić information content (AvgIpc) is 2.78. The third-order valence-electron chi connectivity index (χ3n) is 4.80. The Balaban J connectivity index is 1.89. The van der Waals surface area contributed by atoms with Crippen LogP contribution in [0.4, 0.5) is 0 Å². The van der Waals surface area contributed by atoms with Gasteiger partial charge in [0.2, 0.25) is 11.8 Å². The van der Waals surface area contributed by atoms with Gasteiger partial charge in [0, 0.05) is 23.1 Å². The first-order valence-corrected chi connectivity index (χ1v) is 11.8. The van der Waals surface area contributed by atoms with Crippen molar-refractivity contribution in [2.45, 2.75) is 51.1 Å². The SMILES string of the molecule is COc1ccc([C@H](CSC(C)(C)C)N[C@@H](C)C(=O)NCC(=O)NCc2ccccc2)cc1. The van der Waals surface area contributed by atoms with Gasteiger partial charge in [0.05, 0.1) is 19.7 Å². The zero-order valence-electron chi connectivity index (χ0n) is 19.6. The molecule has 2 aromatic carbocycles. The van der Waals surface area contributed by atoms with Gasteiger partial charge >= 0.3 is 0 Å². The molecule has 2 aromatic rings. The van der Waals surface area contributed by atoms with E-state index in [4.69, 9.17) is 4.74 Å². The Labute approximate surface area is 195 Å². The van der Waals surface area contributed by atoms with Gasteiger partial charge in [-0.15, -0.1) is 0 Å². The summed E-state index contributed by atoms with van der Waals surface area (Å²) < 4.78 is 5.36. The molecule has 6 nitrogen and oxygen atoms in total. The quantitative estimate of drug-likeness (QED) is 0.480. The summed E-state index contributed by atoms with van der Waals surface area (Å²) in [6.45, 7) is 8.72. The van der Waals surface area contributed by atoms with E-state index in [2.05, 4.69) is 36.7 Å². The molecule has 0 saturated heterocycles. The molecule has 2 amide bonds. The van der Waals surface area contributed by atoms with E-state index in [0.717, 1.165) is 22.6 Å². The maximum absolute atomic E-state index is 12.6. The van der Waals surface area contributed by atoms with E-state index < -0.39 is 6.04 Å². The van der Waals surface area contributed by atoms with Crippen LogP contribution in [-0.2, 0) is 16.1 Å². The second-order valence-electron chi connectivity index (χ2n) is 8.62. The fourth-order valence-corrected chi connectivity index (χ4v) is 3.92. The van der Waals surface area contributed by atoms with Crippen molar-refractivity contribution in [1.82, 2.24) is 16.0 Å². The van der Waals surface area contributed by atoms with Gasteiger partial charge in [-0.05, 0) is 30.2 Å². The number of methoxy groups -OCH3 is 1. The van der Waals surface area contributed by atoms with Crippen LogP contribution in [0.5, 0.6) is 5.75 Å². The molecule has 0 heterocycles. The number of amides is 2. The minimum Gasteiger partial charge on any atom is -0.497 e. The minimum atomic E-state index is -0.454. The molecule has 2 rings (SSSR count). The van der Waals surface area contributed by atoms with Crippen molar-refractivity contribution in [3.05, 3.63) is 65.7 Å². The number of benzene rings is 2. The van der Waals surface area contributed by atoms with E-state index in [0.29, 0.717) is 6.54 Å². The van der Waals surface area contributed by atoms with Crippen LogP contribution in [0.2, 0.25) is 0 Å². The van der Waals surface area contributed by atoms with Gasteiger partial charge in [0.25, 0.3) is 0 Å². The number of hydrogen-bond acceptors (Lipinski definition) is 5. The molecule has 0 bridgehead atoms. The molecule has 32 heavy (non-hydrogen) atoms. The number of hydrogen-bond donors (Lipinski definition) is 3. The lowest BCUT2D eigenvalue weighted by Gasteiger charge is -2.27. The largest absolute Gasteiger partial charge is 0.497 e. The molecule has 2 atom stereocenters. The molecule has 3 N–H and O–H groups in total. The highest BCUT2D eigenvalue weighted by Gasteiger charge is 2.22. The second kappa shape index (κ2) is 12.5. The van der Waals surface area contributed by atoms with E-state index in [1.807, 2.05) is 73.3 Å². The maximum Gasteiger partial charge on any atom is 0.239 e. The van der Waals surface area contributed by atoms with Crippen LogP contribution >= 0.6 is 11.8 Å². The van der Waals surface area contributed by atoms with E-state index in [1.165, 1.54) is 0 Å². The smallest absolute Gasteiger partial charge is 0.239 e. The first kappa shape index (κ1) is 25.7. The Morgan fingerprint density at radius 3 is 2.25 bits per heavy atom. The van der Waals surface area contributed by atoms with Gasteiger partial charge in [-0.2, -0.15) is 11.8 Å². The molecule has 0 unspecified atom stereocenters. The summed E-state index contributed by atoms with van der Waals surface area (Å²) in [5.74, 6) is 1.18.